The highest BCUT2D eigenvalue weighted by molar-refractivity contribution is 4.85. The van der Waals surface area contributed by atoms with Crippen molar-refractivity contribution in [2.75, 3.05) is 6.61 Å². The lowest BCUT2D eigenvalue weighted by molar-refractivity contribution is -0.189. The molecule has 1 fully saturated rings. The SMILES string of the molecule is CCC(C)C(C)OC(C(C)C)C1COC1C. The van der Waals surface area contributed by atoms with Gasteiger partial charge >= 0.3 is 0 Å². The fraction of sp³-hybridized carbons (Fsp3) is 1.00. The van der Waals surface area contributed by atoms with E-state index in [0.29, 0.717) is 36.1 Å². The van der Waals surface area contributed by atoms with Crippen LogP contribution >= 0.6 is 0 Å². The molecule has 5 atom stereocenters. The molecule has 0 aromatic rings. The van der Waals surface area contributed by atoms with Crippen LogP contribution in [0, 0.1) is 17.8 Å². The Morgan fingerprint density at radius 2 is 1.88 bits per heavy atom. The first-order valence-electron chi connectivity index (χ1n) is 6.74. The van der Waals surface area contributed by atoms with E-state index in [9.17, 15) is 0 Å². The molecule has 0 N–H and O–H groups in total. The predicted octanol–water partition coefficient (Wildman–Crippen LogP) is 3.50. The molecule has 2 heteroatoms. The summed E-state index contributed by atoms with van der Waals surface area (Å²) in [6.07, 6.45) is 2.26. The van der Waals surface area contributed by atoms with Gasteiger partial charge in [-0.3, -0.25) is 0 Å². The van der Waals surface area contributed by atoms with Gasteiger partial charge in [-0.2, -0.15) is 0 Å². The molecule has 1 aliphatic heterocycles. The highest BCUT2D eigenvalue weighted by atomic mass is 16.5. The van der Waals surface area contributed by atoms with Crippen LogP contribution in [0.2, 0.25) is 0 Å². The molecular formula is C14H28O2. The van der Waals surface area contributed by atoms with Crippen LogP contribution in [0.25, 0.3) is 0 Å². The third kappa shape index (κ3) is 3.21. The molecule has 0 amide bonds. The first-order valence-corrected chi connectivity index (χ1v) is 6.74. The largest absolute Gasteiger partial charge is 0.378 e. The summed E-state index contributed by atoms with van der Waals surface area (Å²) >= 11 is 0. The zero-order valence-electron chi connectivity index (χ0n) is 11.7. The van der Waals surface area contributed by atoms with E-state index in [-0.39, 0.29) is 0 Å². The van der Waals surface area contributed by atoms with Crippen LogP contribution in [0.15, 0.2) is 0 Å². The Bertz CT molecular complexity index is 203. The monoisotopic (exact) mass is 228 g/mol. The van der Waals surface area contributed by atoms with Gasteiger partial charge in [0.25, 0.3) is 0 Å². The minimum atomic E-state index is 0.352. The van der Waals surface area contributed by atoms with Gasteiger partial charge < -0.3 is 9.47 Å². The van der Waals surface area contributed by atoms with Crippen molar-refractivity contribution in [2.45, 2.75) is 66.3 Å². The second kappa shape index (κ2) is 6.02. The molecule has 0 aliphatic carbocycles. The standard InChI is InChI=1S/C14H28O2/c1-7-10(4)11(5)16-14(9(2)3)13-8-15-12(13)6/h9-14H,7-8H2,1-6H3. The molecule has 96 valence electrons. The molecule has 0 saturated carbocycles. The Morgan fingerprint density at radius 1 is 1.25 bits per heavy atom. The lowest BCUT2D eigenvalue weighted by Crippen LogP contribution is -2.49. The van der Waals surface area contributed by atoms with Crippen LogP contribution in [-0.4, -0.2) is 24.9 Å². The molecule has 2 nitrogen and oxygen atoms in total. The van der Waals surface area contributed by atoms with Crippen molar-refractivity contribution in [1.82, 2.24) is 0 Å². The second-order valence-electron chi connectivity index (χ2n) is 5.64. The molecule has 1 rings (SSSR count). The first kappa shape index (κ1) is 14.0. The van der Waals surface area contributed by atoms with Crippen LogP contribution in [0.4, 0.5) is 0 Å². The lowest BCUT2D eigenvalue weighted by atomic mass is 9.86. The lowest BCUT2D eigenvalue weighted by Gasteiger charge is -2.43. The molecular weight excluding hydrogens is 200 g/mol. The molecule has 0 aromatic carbocycles. The van der Waals surface area contributed by atoms with Crippen molar-refractivity contribution in [1.29, 1.82) is 0 Å². The minimum Gasteiger partial charge on any atom is -0.378 e. The Hall–Kier alpha value is -0.0800. The van der Waals surface area contributed by atoms with Gasteiger partial charge in [0.15, 0.2) is 0 Å². The normalized spacial score (nSPS) is 30.9. The molecule has 0 aromatic heterocycles. The fourth-order valence-corrected chi connectivity index (χ4v) is 2.23. The van der Waals surface area contributed by atoms with Crippen molar-refractivity contribution in [3.05, 3.63) is 0 Å². The van der Waals surface area contributed by atoms with E-state index in [1.165, 1.54) is 6.42 Å². The Kier molecular flexibility index (Phi) is 5.26. The van der Waals surface area contributed by atoms with Gasteiger partial charge in [0.2, 0.25) is 0 Å². The highest BCUT2D eigenvalue weighted by Crippen LogP contribution is 2.31. The molecule has 1 aliphatic rings. The van der Waals surface area contributed by atoms with E-state index in [1.807, 2.05) is 0 Å². The fourth-order valence-electron chi connectivity index (χ4n) is 2.23. The summed E-state index contributed by atoms with van der Waals surface area (Å²) in [4.78, 5) is 0. The van der Waals surface area contributed by atoms with Gasteiger partial charge in [0.1, 0.15) is 0 Å². The van der Waals surface area contributed by atoms with Gasteiger partial charge in [0, 0.05) is 5.92 Å². The minimum absolute atomic E-state index is 0.352. The zero-order chi connectivity index (χ0) is 12.3. The average Bonchev–Trinajstić information content (AvgIpc) is 2.24. The summed E-state index contributed by atoms with van der Waals surface area (Å²) in [5.41, 5.74) is 0. The van der Waals surface area contributed by atoms with Crippen LogP contribution in [-0.2, 0) is 9.47 Å². The molecule has 0 spiro atoms. The summed E-state index contributed by atoms with van der Waals surface area (Å²) in [5.74, 6) is 1.80. The number of hydrogen-bond donors (Lipinski definition) is 0. The number of rotatable bonds is 6. The molecule has 0 radical (unpaired) electrons. The van der Waals surface area contributed by atoms with Gasteiger partial charge in [-0.15, -0.1) is 0 Å². The van der Waals surface area contributed by atoms with Gasteiger partial charge in [-0.25, -0.2) is 0 Å². The van der Waals surface area contributed by atoms with E-state index >= 15 is 0 Å². The molecule has 1 heterocycles. The maximum absolute atomic E-state index is 6.26. The highest BCUT2D eigenvalue weighted by Gasteiger charge is 2.38. The van der Waals surface area contributed by atoms with Gasteiger partial charge in [-0.05, 0) is 25.7 Å². The third-order valence-electron chi connectivity index (χ3n) is 4.05. The smallest absolute Gasteiger partial charge is 0.0676 e. The third-order valence-corrected chi connectivity index (χ3v) is 4.05. The maximum Gasteiger partial charge on any atom is 0.0676 e. The Balaban J connectivity index is 2.51. The Labute approximate surface area is 101 Å². The predicted molar refractivity (Wildman–Crippen MR) is 67.5 cm³/mol. The van der Waals surface area contributed by atoms with Crippen molar-refractivity contribution in [2.24, 2.45) is 17.8 Å². The van der Waals surface area contributed by atoms with Crippen LogP contribution < -0.4 is 0 Å². The average molecular weight is 228 g/mol. The number of hydrogen-bond acceptors (Lipinski definition) is 2. The summed E-state index contributed by atoms with van der Waals surface area (Å²) in [5, 5.41) is 0. The molecule has 5 unspecified atom stereocenters. The van der Waals surface area contributed by atoms with E-state index in [4.69, 9.17) is 9.47 Å². The van der Waals surface area contributed by atoms with Crippen molar-refractivity contribution >= 4 is 0 Å². The topological polar surface area (TPSA) is 18.5 Å². The van der Waals surface area contributed by atoms with E-state index in [1.54, 1.807) is 0 Å². The van der Waals surface area contributed by atoms with E-state index in [2.05, 4.69) is 41.5 Å². The zero-order valence-corrected chi connectivity index (χ0v) is 11.7. The van der Waals surface area contributed by atoms with Crippen molar-refractivity contribution in [3.63, 3.8) is 0 Å². The maximum atomic E-state index is 6.26. The number of ether oxygens (including phenoxy) is 2. The Morgan fingerprint density at radius 3 is 2.19 bits per heavy atom. The second-order valence-corrected chi connectivity index (χ2v) is 5.64. The quantitative estimate of drug-likeness (QED) is 0.693. The molecule has 0 bridgehead atoms. The van der Waals surface area contributed by atoms with E-state index < -0.39 is 0 Å². The van der Waals surface area contributed by atoms with Crippen LogP contribution in [0.1, 0.15) is 48.0 Å². The summed E-state index contributed by atoms with van der Waals surface area (Å²) in [7, 11) is 0. The van der Waals surface area contributed by atoms with Crippen molar-refractivity contribution < 1.29 is 9.47 Å². The molecule has 1 saturated heterocycles. The summed E-state index contributed by atoms with van der Waals surface area (Å²) in [6.45, 7) is 14.2. The van der Waals surface area contributed by atoms with Crippen LogP contribution in [0.3, 0.4) is 0 Å². The summed E-state index contributed by atoms with van der Waals surface area (Å²) < 4.78 is 11.7. The molecule has 16 heavy (non-hydrogen) atoms. The van der Waals surface area contributed by atoms with Gasteiger partial charge in [-0.1, -0.05) is 34.1 Å². The van der Waals surface area contributed by atoms with Crippen LogP contribution in [0.5, 0.6) is 0 Å². The van der Waals surface area contributed by atoms with E-state index in [0.717, 1.165) is 6.61 Å². The first-order chi connectivity index (χ1) is 7.47. The van der Waals surface area contributed by atoms with Gasteiger partial charge in [0.05, 0.1) is 24.9 Å². The summed E-state index contributed by atoms with van der Waals surface area (Å²) in [6, 6.07) is 0. The van der Waals surface area contributed by atoms with Crippen molar-refractivity contribution in [3.8, 4) is 0 Å².